The van der Waals surface area contributed by atoms with Gasteiger partial charge in [0.05, 0.1) is 22.3 Å². The zero-order chi connectivity index (χ0) is 24.4. The molecule has 0 saturated carbocycles. The van der Waals surface area contributed by atoms with E-state index in [0.29, 0.717) is 32.8 Å². The maximum atomic E-state index is 12.7. The van der Waals surface area contributed by atoms with Gasteiger partial charge in [0.2, 0.25) is 0 Å². The lowest BCUT2D eigenvalue weighted by molar-refractivity contribution is -0.123. The summed E-state index contributed by atoms with van der Waals surface area (Å²) < 4.78 is 5.39. The molecule has 3 aromatic carbocycles. The van der Waals surface area contributed by atoms with Crippen molar-refractivity contribution >= 4 is 51.0 Å². The monoisotopic (exact) mass is 502 g/mol. The van der Waals surface area contributed by atoms with Gasteiger partial charge < -0.3 is 9.72 Å². The van der Waals surface area contributed by atoms with Gasteiger partial charge in [-0.05, 0) is 37.3 Å². The average Bonchev–Trinajstić information content (AvgIpc) is 3.51. The molecule has 7 nitrogen and oxygen atoms in total. The molecule has 1 atom stereocenters. The van der Waals surface area contributed by atoms with E-state index >= 15 is 0 Å². The van der Waals surface area contributed by atoms with Crippen molar-refractivity contribution in [3.8, 4) is 22.6 Å². The first-order valence-electron chi connectivity index (χ1n) is 10.7. The molecule has 35 heavy (non-hydrogen) atoms. The standard InChI is InChI=1S/C26H19ClN4O3S/c1-15(24(32)31-26-30-22(14-35-26)16-7-10-19(27)11-8-16)34-25(33)18-9-12-20-21(13-18)29-23(28-20)17-5-3-2-4-6-17/h2-15H,1H3,(H,28,29)(H,30,31,32). The number of H-pyrrole nitrogens is 1. The Labute approximate surface area is 209 Å². The largest absolute Gasteiger partial charge is 0.449 e. The van der Waals surface area contributed by atoms with Crippen LogP contribution < -0.4 is 5.32 Å². The first-order chi connectivity index (χ1) is 17.0. The van der Waals surface area contributed by atoms with Crippen LogP contribution in [0.25, 0.3) is 33.7 Å². The van der Waals surface area contributed by atoms with Crippen LogP contribution in [0.4, 0.5) is 5.13 Å². The number of rotatable bonds is 6. The van der Waals surface area contributed by atoms with Crippen LogP contribution in [0.5, 0.6) is 0 Å². The fraction of sp³-hybridized carbons (Fsp3) is 0.0769. The number of carbonyl (C=O) groups excluding carboxylic acids is 2. The Morgan fingerprint density at radius 2 is 1.77 bits per heavy atom. The quantitative estimate of drug-likeness (QED) is 0.270. The minimum absolute atomic E-state index is 0.319. The second kappa shape index (κ2) is 9.69. The fourth-order valence-electron chi connectivity index (χ4n) is 3.44. The Kier molecular flexibility index (Phi) is 6.31. The molecule has 0 spiro atoms. The average molecular weight is 503 g/mol. The molecule has 9 heteroatoms. The molecule has 0 aliphatic heterocycles. The predicted molar refractivity (Wildman–Crippen MR) is 138 cm³/mol. The fourth-order valence-corrected chi connectivity index (χ4v) is 4.29. The van der Waals surface area contributed by atoms with E-state index < -0.39 is 18.0 Å². The van der Waals surface area contributed by atoms with Crippen molar-refractivity contribution in [3.63, 3.8) is 0 Å². The van der Waals surface area contributed by atoms with E-state index in [2.05, 4.69) is 20.3 Å². The highest BCUT2D eigenvalue weighted by molar-refractivity contribution is 7.14. The number of thiazole rings is 1. The zero-order valence-electron chi connectivity index (χ0n) is 18.5. The van der Waals surface area contributed by atoms with Gasteiger partial charge >= 0.3 is 5.97 Å². The Bertz CT molecular complexity index is 1510. The second-order valence-electron chi connectivity index (χ2n) is 7.76. The first kappa shape index (κ1) is 22.8. The third-order valence-corrected chi connectivity index (χ3v) is 6.30. The number of anilines is 1. The second-order valence-corrected chi connectivity index (χ2v) is 9.06. The maximum Gasteiger partial charge on any atom is 0.338 e. The summed E-state index contributed by atoms with van der Waals surface area (Å²) in [4.78, 5) is 37.5. The maximum absolute atomic E-state index is 12.7. The summed E-state index contributed by atoms with van der Waals surface area (Å²) in [7, 11) is 0. The van der Waals surface area contributed by atoms with Gasteiger partial charge in [0.25, 0.3) is 5.91 Å². The third-order valence-electron chi connectivity index (χ3n) is 5.29. The van der Waals surface area contributed by atoms with E-state index in [1.165, 1.54) is 18.3 Å². The summed E-state index contributed by atoms with van der Waals surface area (Å²) in [5.74, 6) is -0.365. The van der Waals surface area contributed by atoms with Crippen LogP contribution in [0.15, 0.2) is 78.2 Å². The van der Waals surface area contributed by atoms with Crippen LogP contribution >= 0.6 is 22.9 Å². The van der Waals surface area contributed by atoms with Crippen LogP contribution in [0.1, 0.15) is 17.3 Å². The molecule has 174 valence electrons. The number of carbonyl (C=O) groups is 2. The Morgan fingerprint density at radius 1 is 1.00 bits per heavy atom. The SMILES string of the molecule is CC(OC(=O)c1ccc2nc(-c3ccccc3)[nH]c2c1)C(=O)Nc1nc(-c2ccc(Cl)cc2)cs1. The highest BCUT2D eigenvalue weighted by Gasteiger charge is 2.21. The molecular weight excluding hydrogens is 484 g/mol. The highest BCUT2D eigenvalue weighted by atomic mass is 35.5. The molecule has 0 bridgehead atoms. The number of fused-ring (bicyclic) bond motifs is 1. The van der Waals surface area contributed by atoms with E-state index in [9.17, 15) is 9.59 Å². The van der Waals surface area contributed by atoms with E-state index in [-0.39, 0.29) is 0 Å². The number of imidazole rings is 1. The molecule has 2 aromatic heterocycles. The Hall–Kier alpha value is -4.01. The number of esters is 1. The smallest absolute Gasteiger partial charge is 0.338 e. The number of nitrogens with one attached hydrogen (secondary N) is 2. The number of halogens is 1. The van der Waals surface area contributed by atoms with Crippen molar-refractivity contribution in [1.82, 2.24) is 15.0 Å². The number of hydrogen-bond donors (Lipinski definition) is 2. The van der Waals surface area contributed by atoms with Gasteiger partial charge in [-0.3, -0.25) is 10.1 Å². The Balaban J connectivity index is 1.24. The summed E-state index contributed by atoms with van der Waals surface area (Å²) in [5.41, 5.74) is 4.29. The summed E-state index contributed by atoms with van der Waals surface area (Å²) >= 11 is 7.21. The van der Waals surface area contributed by atoms with Crippen molar-refractivity contribution in [1.29, 1.82) is 0 Å². The lowest BCUT2D eigenvalue weighted by Crippen LogP contribution is -2.29. The number of aromatic amines is 1. The van der Waals surface area contributed by atoms with Crippen LogP contribution in [0, 0.1) is 0 Å². The van der Waals surface area contributed by atoms with Crippen LogP contribution in [0.2, 0.25) is 5.02 Å². The molecule has 2 heterocycles. The van der Waals surface area contributed by atoms with Crippen molar-refractivity contribution < 1.29 is 14.3 Å². The third kappa shape index (κ3) is 5.08. The van der Waals surface area contributed by atoms with Crippen LogP contribution in [0.3, 0.4) is 0 Å². The molecule has 0 radical (unpaired) electrons. The molecule has 5 rings (SSSR count). The summed E-state index contributed by atoms with van der Waals surface area (Å²) in [6.45, 7) is 1.52. The minimum atomic E-state index is -1.01. The number of aromatic nitrogens is 3. The lowest BCUT2D eigenvalue weighted by atomic mass is 10.2. The summed E-state index contributed by atoms with van der Waals surface area (Å²) in [5, 5.41) is 5.58. The van der Waals surface area contributed by atoms with E-state index in [4.69, 9.17) is 16.3 Å². The predicted octanol–water partition coefficient (Wildman–Crippen LogP) is 6.19. The van der Waals surface area contributed by atoms with Crippen molar-refractivity contribution in [2.24, 2.45) is 0 Å². The van der Waals surface area contributed by atoms with Crippen LogP contribution in [-0.4, -0.2) is 32.9 Å². The number of amides is 1. The lowest BCUT2D eigenvalue weighted by Gasteiger charge is -2.12. The van der Waals surface area contributed by atoms with E-state index in [1.807, 2.05) is 47.8 Å². The van der Waals surface area contributed by atoms with Gasteiger partial charge in [0, 0.05) is 21.5 Å². The van der Waals surface area contributed by atoms with Crippen molar-refractivity contribution in [2.75, 3.05) is 5.32 Å². The number of ether oxygens (including phenoxy) is 1. The Morgan fingerprint density at radius 3 is 2.54 bits per heavy atom. The number of benzene rings is 3. The topological polar surface area (TPSA) is 97.0 Å². The molecule has 2 N–H and O–H groups in total. The van der Waals surface area contributed by atoms with Gasteiger partial charge in [-0.1, -0.05) is 54.1 Å². The normalized spacial score (nSPS) is 11.8. The first-order valence-corrected chi connectivity index (χ1v) is 12.0. The van der Waals surface area contributed by atoms with Gasteiger partial charge in [-0.2, -0.15) is 0 Å². The van der Waals surface area contributed by atoms with Crippen LogP contribution in [-0.2, 0) is 9.53 Å². The number of hydrogen-bond acceptors (Lipinski definition) is 6. The molecule has 0 saturated heterocycles. The summed E-state index contributed by atoms with van der Waals surface area (Å²) in [6, 6.07) is 22.0. The highest BCUT2D eigenvalue weighted by Crippen LogP contribution is 2.26. The molecule has 0 fully saturated rings. The molecule has 5 aromatic rings. The van der Waals surface area contributed by atoms with Gasteiger partial charge in [-0.25, -0.2) is 14.8 Å². The minimum Gasteiger partial charge on any atom is -0.449 e. The number of nitrogens with zero attached hydrogens (tertiary/aromatic N) is 2. The molecule has 1 unspecified atom stereocenters. The molecule has 1 amide bonds. The molecule has 0 aliphatic carbocycles. The van der Waals surface area contributed by atoms with Gasteiger partial charge in [0.1, 0.15) is 5.82 Å². The van der Waals surface area contributed by atoms with Gasteiger partial charge in [0.15, 0.2) is 11.2 Å². The van der Waals surface area contributed by atoms with Gasteiger partial charge in [-0.15, -0.1) is 11.3 Å². The molecule has 0 aliphatic rings. The van der Waals surface area contributed by atoms with E-state index in [1.54, 1.807) is 30.3 Å². The zero-order valence-corrected chi connectivity index (χ0v) is 20.1. The summed E-state index contributed by atoms with van der Waals surface area (Å²) in [6.07, 6.45) is -1.01. The van der Waals surface area contributed by atoms with Crippen molar-refractivity contribution in [2.45, 2.75) is 13.0 Å². The van der Waals surface area contributed by atoms with E-state index in [0.717, 1.165) is 16.6 Å². The molecular formula is C26H19ClN4O3S. The van der Waals surface area contributed by atoms with Crippen molar-refractivity contribution in [3.05, 3.63) is 88.8 Å².